The summed E-state index contributed by atoms with van der Waals surface area (Å²) in [6.45, 7) is 2.05. The van der Waals surface area contributed by atoms with Crippen molar-refractivity contribution in [2.75, 3.05) is 7.11 Å². The molecule has 3 aromatic rings. The number of aryl methyl sites for hydroxylation is 1. The third-order valence-corrected chi connectivity index (χ3v) is 3.16. The summed E-state index contributed by atoms with van der Waals surface area (Å²) in [6, 6.07) is 12.1. The van der Waals surface area contributed by atoms with Crippen LogP contribution in [0, 0.1) is 6.92 Å². The molecule has 96 valence electrons. The molecule has 0 aliphatic heterocycles. The molecule has 0 N–H and O–H groups in total. The third kappa shape index (κ3) is 2.29. The van der Waals surface area contributed by atoms with Gasteiger partial charge in [0.15, 0.2) is 5.65 Å². The quantitative estimate of drug-likeness (QED) is 0.720. The fraction of sp³-hybridized carbons (Fsp3) is 0.200. The van der Waals surface area contributed by atoms with Gasteiger partial charge < -0.3 is 4.74 Å². The standard InChI is InChI=1S/C15H15N3O/c1-11-7-8-18-14(9-11)16-17-15(18)10-12-3-5-13(19-2)6-4-12/h3-9H,10H2,1-2H3. The second-order valence-corrected chi connectivity index (χ2v) is 4.57. The van der Waals surface area contributed by atoms with Crippen LogP contribution in [0.15, 0.2) is 42.6 Å². The predicted octanol–water partition coefficient (Wildman–Crippen LogP) is 2.64. The molecule has 0 saturated heterocycles. The van der Waals surface area contributed by atoms with Gasteiger partial charge in [-0.25, -0.2) is 0 Å². The first-order valence-corrected chi connectivity index (χ1v) is 6.19. The number of aromatic nitrogens is 3. The van der Waals surface area contributed by atoms with Gasteiger partial charge in [0.2, 0.25) is 0 Å². The molecule has 4 nitrogen and oxygen atoms in total. The van der Waals surface area contributed by atoms with Crippen molar-refractivity contribution >= 4 is 5.65 Å². The zero-order chi connectivity index (χ0) is 13.2. The van der Waals surface area contributed by atoms with E-state index in [9.17, 15) is 0 Å². The normalized spacial score (nSPS) is 10.8. The van der Waals surface area contributed by atoms with Crippen LogP contribution in [0.5, 0.6) is 5.75 Å². The topological polar surface area (TPSA) is 39.4 Å². The molecule has 0 unspecified atom stereocenters. The number of fused-ring (bicyclic) bond motifs is 1. The van der Waals surface area contributed by atoms with E-state index < -0.39 is 0 Å². The maximum absolute atomic E-state index is 5.15. The fourth-order valence-corrected chi connectivity index (χ4v) is 2.09. The number of nitrogens with zero attached hydrogens (tertiary/aromatic N) is 3. The number of ether oxygens (including phenoxy) is 1. The van der Waals surface area contributed by atoms with Gasteiger partial charge in [-0.1, -0.05) is 12.1 Å². The van der Waals surface area contributed by atoms with Crippen LogP contribution in [-0.2, 0) is 6.42 Å². The zero-order valence-corrected chi connectivity index (χ0v) is 11.0. The number of pyridine rings is 1. The molecule has 0 bridgehead atoms. The molecule has 19 heavy (non-hydrogen) atoms. The van der Waals surface area contributed by atoms with Gasteiger partial charge in [0.1, 0.15) is 11.6 Å². The highest BCUT2D eigenvalue weighted by molar-refractivity contribution is 5.41. The Hall–Kier alpha value is -2.36. The summed E-state index contributed by atoms with van der Waals surface area (Å²) in [4.78, 5) is 0. The minimum atomic E-state index is 0.758. The third-order valence-electron chi connectivity index (χ3n) is 3.16. The van der Waals surface area contributed by atoms with Crippen molar-refractivity contribution in [1.82, 2.24) is 14.6 Å². The largest absolute Gasteiger partial charge is 0.497 e. The Balaban J connectivity index is 1.92. The molecule has 4 heteroatoms. The molecule has 0 aliphatic rings. The molecule has 2 aromatic heterocycles. The maximum Gasteiger partial charge on any atom is 0.161 e. The van der Waals surface area contributed by atoms with Crippen molar-refractivity contribution in [2.24, 2.45) is 0 Å². The van der Waals surface area contributed by atoms with E-state index in [4.69, 9.17) is 4.74 Å². The molecular formula is C15H15N3O. The van der Waals surface area contributed by atoms with Gasteiger partial charge in [0.05, 0.1) is 7.11 Å². The summed E-state index contributed by atoms with van der Waals surface area (Å²) in [6.07, 6.45) is 2.78. The highest BCUT2D eigenvalue weighted by Crippen LogP contribution is 2.15. The van der Waals surface area contributed by atoms with Gasteiger partial charge in [-0.15, -0.1) is 10.2 Å². The average molecular weight is 253 g/mol. The van der Waals surface area contributed by atoms with Crippen LogP contribution in [0.3, 0.4) is 0 Å². The van der Waals surface area contributed by atoms with E-state index in [1.165, 1.54) is 11.1 Å². The fourth-order valence-electron chi connectivity index (χ4n) is 2.09. The van der Waals surface area contributed by atoms with Crippen LogP contribution < -0.4 is 4.74 Å². The SMILES string of the molecule is COc1ccc(Cc2nnc3cc(C)ccn23)cc1. The van der Waals surface area contributed by atoms with Gasteiger partial charge in [0.25, 0.3) is 0 Å². The lowest BCUT2D eigenvalue weighted by molar-refractivity contribution is 0.414. The Labute approximate surface area is 111 Å². The first-order chi connectivity index (χ1) is 9.26. The van der Waals surface area contributed by atoms with Gasteiger partial charge in [0, 0.05) is 12.6 Å². The Kier molecular flexibility index (Phi) is 2.91. The molecule has 3 rings (SSSR count). The highest BCUT2D eigenvalue weighted by atomic mass is 16.5. The lowest BCUT2D eigenvalue weighted by Gasteiger charge is -2.03. The summed E-state index contributed by atoms with van der Waals surface area (Å²) in [7, 11) is 1.67. The molecule has 0 spiro atoms. The summed E-state index contributed by atoms with van der Waals surface area (Å²) in [5, 5.41) is 8.45. The molecular weight excluding hydrogens is 238 g/mol. The lowest BCUT2D eigenvalue weighted by atomic mass is 10.1. The minimum Gasteiger partial charge on any atom is -0.497 e. The molecule has 2 heterocycles. The Morgan fingerprint density at radius 2 is 1.89 bits per heavy atom. The van der Waals surface area contributed by atoms with E-state index in [0.717, 1.165) is 23.6 Å². The molecule has 1 aromatic carbocycles. The van der Waals surface area contributed by atoms with Crippen LogP contribution in [0.1, 0.15) is 17.0 Å². The summed E-state index contributed by atoms with van der Waals surface area (Å²) >= 11 is 0. The number of benzene rings is 1. The molecule has 0 radical (unpaired) electrons. The zero-order valence-electron chi connectivity index (χ0n) is 11.0. The smallest absolute Gasteiger partial charge is 0.161 e. The van der Waals surface area contributed by atoms with Crippen molar-refractivity contribution < 1.29 is 4.74 Å². The van der Waals surface area contributed by atoms with E-state index >= 15 is 0 Å². The van der Waals surface area contributed by atoms with E-state index in [-0.39, 0.29) is 0 Å². The van der Waals surface area contributed by atoms with Crippen LogP contribution in [-0.4, -0.2) is 21.7 Å². The Morgan fingerprint density at radius 3 is 2.63 bits per heavy atom. The molecule has 0 amide bonds. The second kappa shape index (κ2) is 4.72. The van der Waals surface area contributed by atoms with Crippen molar-refractivity contribution in [3.8, 4) is 5.75 Å². The van der Waals surface area contributed by atoms with Gasteiger partial charge in [-0.3, -0.25) is 4.40 Å². The van der Waals surface area contributed by atoms with Crippen LogP contribution in [0.4, 0.5) is 0 Å². The van der Waals surface area contributed by atoms with Crippen molar-refractivity contribution in [3.63, 3.8) is 0 Å². The second-order valence-electron chi connectivity index (χ2n) is 4.57. The van der Waals surface area contributed by atoms with Crippen LogP contribution >= 0.6 is 0 Å². The van der Waals surface area contributed by atoms with Crippen molar-refractivity contribution in [3.05, 3.63) is 59.5 Å². The average Bonchev–Trinajstić information content (AvgIpc) is 2.82. The van der Waals surface area contributed by atoms with Crippen LogP contribution in [0.2, 0.25) is 0 Å². The van der Waals surface area contributed by atoms with Gasteiger partial charge >= 0.3 is 0 Å². The van der Waals surface area contributed by atoms with Gasteiger partial charge in [-0.05, 0) is 42.3 Å². The first-order valence-electron chi connectivity index (χ1n) is 6.19. The molecule has 0 fully saturated rings. The van der Waals surface area contributed by atoms with Crippen molar-refractivity contribution in [1.29, 1.82) is 0 Å². The summed E-state index contributed by atoms with van der Waals surface area (Å²) in [5.74, 6) is 1.81. The first kappa shape index (κ1) is 11.7. The monoisotopic (exact) mass is 253 g/mol. The Morgan fingerprint density at radius 1 is 1.11 bits per heavy atom. The lowest BCUT2D eigenvalue weighted by Crippen LogP contribution is -1.96. The highest BCUT2D eigenvalue weighted by Gasteiger charge is 2.06. The molecule has 0 atom stereocenters. The number of hydrogen-bond donors (Lipinski definition) is 0. The predicted molar refractivity (Wildman–Crippen MR) is 73.5 cm³/mol. The molecule has 0 aliphatic carbocycles. The van der Waals surface area contributed by atoms with E-state index in [2.05, 4.69) is 23.2 Å². The maximum atomic E-state index is 5.15. The van der Waals surface area contributed by atoms with Gasteiger partial charge in [-0.2, -0.15) is 0 Å². The number of rotatable bonds is 3. The van der Waals surface area contributed by atoms with E-state index in [0.29, 0.717) is 0 Å². The van der Waals surface area contributed by atoms with Crippen LogP contribution in [0.25, 0.3) is 5.65 Å². The minimum absolute atomic E-state index is 0.758. The van der Waals surface area contributed by atoms with E-state index in [1.807, 2.05) is 40.9 Å². The summed E-state index contributed by atoms with van der Waals surface area (Å²) < 4.78 is 7.18. The number of hydrogen-bond acceptors (Lipinski definition) is 3. The Bertz CT molecular complexity index is 701. The number of methoxy groups -OCH3 is 1. The summed E-state index contributed by atoms with van der Waals surface area (Å²) in [5.41, 5.74) is 3.27. The molecule has 0 saturated carbocycles. The van der Waals surface area contributed by atoms with E-state index in [1.54, 1.807) is 7.11 Å². The van der Waals surface area contributed by atoms with Crippen molar-refractivity contribution in [2.45, 2.75) is 13.3 Å².